The second kappa shape index (κ2) is 6.04. The van der Waals surface area contributed by atoms with E-state index in [1.165, 1.54) is 28.6 Å². The Bertz CT molecular complexity index is 696. The van der Waals surface area contributed by atoms with E-state index in [1.54, 1.807) is 0 Å². The highest BCUT2D eigenvalue weighted by Gasteiger charge is 2.30. The Morgan fingerprint density at radius 1 is 1.00 bits per heavy atom. The molecule has 1 aliphatic heterocycles. The van der Waals surface area contributed by atoms with Gasteiger partial charge in [0.15, 0.2) is 0 Å². The van der Waals surface area contributed by atoms with Crippen LogP contribution in [0.25, 0.3) is 0 Å². The first-order chi connectivity index (χ1) is 9.73. The highest BCUT2D eigenvalue weighted by molar-refractivity contribution is 7.89. The van der Waals surface area contributed by atoms with Crippen LogP contribution in [0.5, 0.6) is 0 Å². The molecule has 8 heteroatoms. The summed E-state index contributed by atoms with van der Waals surface area (Å²) in [5.41, 5.74) is 0. The molecule has 0 radical (unpaired) electrons. The third-order valence-corrected chi connectivity index (χ3v) is 6.71. The molecule has 1 unspecified atom stereocenters. The minimum absolute atomic E-state index is 0.0459. The summed E-state index contributed by atoms with van der Waals surface area (Å²) in [5.74, 6) is 0. The maximum atomic E-state index is 12.7. The van der Waals surface area contributed by atoms with E-state index in [-0.39, 0.29) is 15.8 Å². The minimum Gasteiger partial charge on any atom is -0.225 e. The fraction of sp³-hybridized carbons (Fsp3) is 0.538. The van der Waals surface area contributed by atoms with Crippen LogP contribution in [0.3, 0.4) is 0 Å². The summed E-state index contributed by atoms with van der Waals surface area (Å²) < 4.78 is 49.2. The van der Waals surface area contributed by atoms with Crippen molar-refractivity contribution in [3.63, 3.8) is 0 Å². The Labute approximate surface area is 126 Å². The van der Waals surface area contributed by atoms with E-state index in [0.717, 1.165) is 25.7 Å². The van der Waals surface area contributed by atoms with Gasteiger partial charge >= 0.3 is 0 Å². The lowest BCUT2D eigenvalue weighted by Crippen LogP contribution is -2.38. The summed E-state index contributed by atoms with van der Waals surface area (Å²) in [5, 5.41) is 5.01. The number of nitrogens with zero attached hydrogens (tertiary/aromatic N) is 1. The van der Waals surface area contributed by atoms with Gasteiger partial charge < -0.3 is 0 Å². The fourth-order valence-corrected chi connectivity index (χ4v) is 4.76. The van der Waals surface area contributed by atoms with E-state index in [0.29, 0.717) is 6.54 Å². The van der Waals surface area contributed by atoms with Crippen LogP contribution in [0.4, 0.5) is 0 Å². The molecule has 0 amide bonds. The van der Waals surface area contributed by atoms with Crippen LogP contribution in [-0.4, -0.2) is 33.7 Å². The monoisotopic (exact) mass is 332 g/mol. The molecule has 118 valence electrons. The van der Waals surface area contributed by atoms with Crippen LogP contribution in [0.15, 0.2) is 34.1 Å². The molecule has 2 rings (SSSR count). The molecule has 0 spiro atoms. The maximum absolute atomic E-state index is 12.7. The number of benzene rings is 1. The van der Waals surface area contributed by atoms with Crippen LogP contribution in [-0.2, 0) is 20.0 Å². The van der Waals surface area contributed by atoms with Crippen molar-refractivity contribution in [3.8, 4) is 0 Å². The summed E-state index contributed by atoms with van der Waals surface area (Å²) in [6.45, 7) is 2.40. The average molecular weight is 332 g/mol. The first-order valence-corrected chi connectivity index (χ1v) is 9.86. The van der Waals surface area contributed by atoms with E-state index >= 15 is 0 Å². The van der Waals surface area contributed by atoms with Crippen LogP contribution >= 0.6 is 0 Å². The predicted molar refractivity (Wildman–Crippen MR) is 79.6 cm³/mol. The lowest BCUT2D eigenvalue weighted by molar-refractivity contribution is 0.342. The molecule has 0 bridgehead atoms. The van der Waals surface area contributed by atoms with E-state index in [4.69, 9.17) is 5.14 Å². The van der Waals surface area contributed by atoms with Crippen molar-refractivity contribution in [2.75, 3.05) is 6.54 Å². The molecule has 0 aliphatic carbocycles. The summed E-state index contributed by atoms with van der Waals surface area (Å²) in [6, 6.07) is 5.00. The second-order valence-corrected chi connectivity index (χ2v) is 8.78. The lowest BCUT2D eigenvalue weighted by Gasteiger charge is -2.26. The molecule has 1 aromatic rings. The zero-order chi connectivity index (χ0) is 15.7. The van der Waals surface area contributed by atoms with Gasteiger partial charge in [-0.05, 0) is 44.0 Å². The van der Waals surface area contributed by atoms with E-state index in [2.05, 4.69) is 0 Å². The maximum Gasteiger partial charge on any atom is 0.243 e. The predicted octanol–water partition coefficient (Wildman–Crippen LogP) is 1.29. The number of primary sulfonamides is 1. The Hall–Kier alpha value is -0.960. The molecule has 1 aromatic carbocycles. The van der Waals surface area contributed by atoms with E-state index in [9.17, 15) is 16.8 Å². The molecule has 1 saturated heterocycles. The number of hydrogen-bond acceptors (Lipinski definition) is 4. The normalized spacial score (nSPS) is 21.9. The first kappa shape index (κ1) is 16.4. The highest BCUT2D eigenvalue weighted by Crippen LogP contribution is 2.25. The highest BCUT2D eigenvalue weighted by atomic mass is 32.2. The Kier molecular flexibility index (Phi) is 4.72. The van der Waals surface area contributed by atoms with E-state index < -0.39 is 20.0 Å². The zero-order valence-corrected chi connectivity index (χ0v) is 13.5. The van der Waals surface area contributed by atoms with Crippen LogP contribution in [0.1, 0.15) is 32.6 Å². The van der Waals surface area contributed by atoms with Crippen LogP contribution in [0.2, 0.25) is 0 Å². The summed E-state index contributed by atoms with van der Waals surface area (Å²) in [6.07, 6.45) is 3.74. The van der Waals surface area contributed by atoms with Gasteiger partial charge in [0.1, 0.15) is 0 Å². The molecule has 21 heavy (non-hydrogen) atoms. The van der Waals surface area contributed by atoms with Crippen LogP contribution in [0, 0.1) is 0 Å². The zero-order valence-electron chi connectivity index (χ0n) is 11.9. The van der Waals surface area contributed by atoms with Gasteiger partial charge in [-0.3, -0.25) is 0 Å². The quantitative estimate of drug-likeness (QED) is 0.901. The number of sulfonamides is 2. The molecular weight excluding hydrogens is 312 g/mol. The van der Waals surface area contributed by atoms with Crippen LogP contribution < -0.4 is 5.14 Å². The molecule has 0 aromatic heterocycles. The average Bonchev–Trinajstić information content (AvgIpc) is 2.63. The van der Waals surface area contributed by atoms with Crippen molar-refractivity contribution in [2.24, 2.45) is 5.14 Å². The topological polar surface area (TPSA) is 97.5 Å². The molecule has 1 heterocycles. The van der Waals surface area contributed by atoms with Gasteiger partial charge in [-0.15, -0.1) is 0 Å². The Morgan fingerprint density at radius 2 is 1.57 bits per heavy atom. The number of hydrogen-bond donors (Lipinski definition) is 1. The molecule has 1 atom stereocenters. The van der Waals surface area contributed by atoms with Crippen molar-refractivity contribution in [1.29, 1.82) is 0 Å². The molecule has 0 saturated carbocycles. The summed E-state index contributed by atoms with van der Waals surface area (Å²) >= 11 is 0. The van der Waals surface area contributed by atoms with Crippen molar-refractivity contribution in [3.05, 3.63) is 24.3 Å². The van der Waals surface area contributed by atoms with Gasteiger partial charge in [0.2, 0.25) is 20.0 Å². The van der Waals surface area contributed by atoms with Crippen molar-refractivity contribution >= 4 is 20.0 Å². The molecule has 1 fully saturated rings. The second-order valence-electron chi connectivity index (χ2n) is 5.33. The SMILES string of the molecule is CC1CCCCCN1S(=O)(=O)c1ccc(S(N)(=O)=O)cc1. The van der Waals surface area contributed by atoms with Crippen molar-refractivity contribution in [2.45, 2.75) is 48.4 Å². The smallest absolute Gasteiger partial charge is 0.225 e. The van der Waals surface area contributed by atoms with E-state index in [1.807, 2.05) is 6.92 Å². The van der Waals surface area contributed by atoms with Crippen molar-refractivity contribution < 1.29 is 16.8 Å². The Morgan fingerprint density at radius 3 is 2.14 bits per heavy atom. The largest absolute Gasteiger partial charge is 0.243 e. The molecule has 1 aliphatic rings. The van der Waals surface area contributed by atoms with Gasteiger partial charge in [-0.1, -0.05) is 12.8 Å². The Balaban J connectivity index is 2.35. The standard InChI is InChI=1S/C13H20N2O4S2/c1-11-5-3-2-4-10-15(11)21(18,19)13-8-6-12(7-9-13)20(14,16)17/h6-9,11H,2-5,10H2,1H3,(H2,14,16,17). The first-order valence-electron chi connectivity index (χ1n) is 6.87. The van der Waals surface area contributed by atoms with Crippen molar-refractivity contribution in [1.82, 2.24) is 4.31 Å². The molecular formula is C13H20N2O4S2. The van der Waals surface area contributed by atoms with Gasteiger partial charge in [0, 0.05) is 12.6 Å². The number of nitrogens with two attached hydrogens (primary N) is 1. The molecule has 2 N–H and O–H groups in total. The summed E-state index contributed by atoms with van der Waals surface area (Å²) in [4.78, 5) is 0.00835. The number of rotatable bonds is 3. The van der Waals surface area contributed by atoms with Gasteiger partial charge in [-0.25, -0.2) is 22.0 Å². The minimum atomic E-state index is -3.81. The van der Waals surface area contributed by atoms with Gasteiger partial charge in [0.25, 0.3) is 0 Å². The lowest BCUT2D eigenvalue weighted by atomic mass is 10.1. The summed E-state index contributed by atoms with van der Waals surface area (Å²) in [7, 11) is -7.41. The third-order valence-electron chi connectivity index (χ3n) is 3.75. The fourth-order valence-electron chi connectivity index (χ4n) is 2.54. The van der Waals surface area contributed by atoms with Gasteiger partial charge in [0.05, 0.1) is 9.79 Å². The third kappa shape index (κ3) is 3.63. The molecule has 6 nitrogen and oxygen atoms in total. The van der Waals surface area contributed by atoms with Gasteiger partial charge in [-0.2, -0.15) is 4.31 Å².